The Hall–Kier alpha value is -0.840. The molecule has 4 nitrogen and oxygen atoms in total. The fraction of sp³-hybridized carbons (Fsp3) is 0.400. The predicted molar refractivity (Wildman–Crippen MR) is 65.0 cm³/mol. The minimum absolute atomic E-state index is 0. The second kappa shape index (κ2) is 4.99. The van der Waals surface area contributed by atoms with Gasteiger partial charge in [0.1, 0.15) is 5.02 Å². The van der Waals surface area contributed by atoms with Gasteiger partial charge in [0, 0.05) is 12.1 Å². The molecular weight excluding hydrogens is 251 g/mol. The van der Waals surface area contributed by atoms with Gasteiger partial charge in [0.2, 0.25) is 0 Å². The Kier molecular flexibility index (Phi) is 4.13. The summed E-state index contributed by atoms with van der Waals surface area (Å²) in [6.45, 7) is 0. The molecule has 0 aromatic heterocycles. The molecule has 1 saturated carbocycles. The quantitative estimate of drug-likeness (QED) is 0.673. The van der Waals surface area contributed by atoms with Crippen molar-refractivity contribution in [2.24, 2.45) is 11.7 Å². The van der Waals surface area contributed by atoms with Crippen LogP contribution in [0.15, 0.2) is 18.2 Å². The second-order valence-corrected chi connectivity index (χ2v) is 4.24. The molecular formula is C10H12Cl2N2O2. The lowest BCUT2D eigenvalue weighted by Gasteiger charge is -2.10. The average molecular weight is 263 g/mol. The molecule has 0 saturated heterocycles. The Bertz CT molecular complexity index is 408. The summed E-state index contributed by atoms with van der Waals surface area (Å²) in [5, 5.41) is 10.8. The number of rotatable bonds is 3. The first-order valence-corrected chi connectivity index (χ1v) is 5.17. The monoisotopic (exact) mass is 262 g/mol. The highest BCUT2D eigenvalue weighted by Crippen LogP contribution is 2.40. The zero-order valence-corrected chi connectivity index (χ0v) is 10.0. The van der Waals surface area contributed by atoms with E-state index in [9.17, 15) is 10.1 Å². The smallest absolute Gasteiger partial charge is 0.288 e. The molecule has 1 fully saturated rings. The van der Waals surface area contributed by atoms with Gasteiger partial charge in [0.25, 0.3) is 5.69 Å². The van der Waals surface area contributed by atoms with E-state index >= 15 is 0 Å². The molecule has 1 aliphatic carbocycles. The van der Waals surface area contributed by atoms with Crippen LogP contribution in [0, 0.1) is 16.0 Å². The van der Waals surface area contributed by atoms with E-state index in [1.54, 1.807) is 6.07 Å². The molecule has 0 aliphatic heterocycles. The van der Waals surface area contributed by atoms with Gasteiger partial charge in [-0.25, -0.2) is 0 Å². The molecule has 2 N–H and O–H groups in total. The normalized spacial score (nSPS) is 16.4. The summed E-state index contributed by atoms with van der Waals surface area (Å²) in [4.78, 5) is 10.2. The Morgan fingerprint density at radius 2 is 2.12 bits per heavy atom. The molecule has 0 amide bonds. The van der Waals surface area contributed by atoms with Gasteiger partial charge < -0.3 is 5.73 Å². The van der Waals surface area contributed by atoms with Crippen LogP contribution in [0.1, 0.15) is 24.4 Å². The summed E-state index contributed by atoms with van der Waals surface area (Å²) in [6, 6.07) is 4.68. The van der Waals surface area contributed by atoms with E-state index in [2.05, 4.69) is 0 Å². The van der Waals surface area contributed by atoms with Crippen LogP contribution in [0.3, 0.4) is 0 Å². The number of nitrogens with zero attached hydrogens (tertiary/aromatic N) is 1. The largest absolute Gasteiger partial charge is 0.324 e. The lowest BCUT2D eigenvalue weighted by atomic mass is 10.0. The molecule has 1 aliphatic rings. The second-order valence-electron chi connectivity index (χ2n) is 3.83. The molecule has 0 radical (unpaired) electrons. The van der Waals surface area contributed by atoms with E-state index < -0.39 is 4.92 Å². The van der Waals surface area contributed by atoms with Crippen molar-refractivity contribution in [1.29, 1.82) is 0 Å². The Morgan fingerprint density at radius 1 is 1.50 bits per heavy atom. The van der Waals surface area contributed by atoms with E-state index in [1.807, 2.05) is 0 Å². The van der Waals surface area contributed by atoms with Crippen LogP contribution in [0.2, 0.25) is 5.02 Å². The van der Waals surface area contributed by atoms with Gasteiger partial charge in [0.05, 0.1) is 4.92 Å². The first-order chi connectivity index (χ1) is 7.09. The number of nitrogens with two attached hydrogens (primary N) is 1. The minimum atomic E-state index is -0.481. The van der Waals surface area contributed by atoms with Crippen LogP contribution >= 0.6 is 24.0 Å². The molecule has 88 valence electrons. The maximum atomic E-state index is 10.7. The number of benzene rings is 1. The number of halogens is 2. The molecule has 1 atom stereocenters. The van der Waals surface area contributed by atoms with Crippen molar-refractivity contribution in [3.8, 4) is 0 Å². The van der Waals surface area contributed by atoms with Crippen LogP contribution < -0.4 is 5.73 Å². The summed E-state index contributed by atoms with van der Waals surface area (Å²) in [5.74, 6) is 0.478. The van der Waals surface area contributed by atoms with Crippen LogP contribution in [0.4, 0.5) is 5.69 Å². The molecule has 16 heavy (non-hydrogen) atoms. The number of hydrogen-bond acceptors (Lipinski definition) is 3. The number of nitro groups is 1. The minimum Gasteiger partial charge on any atom is -0.324 e. The molecule has 6 heteroatoms. The lowest BCUT2D eigenvalue weighted by Crippen LogP contribution is -2.12. The standard InChI is InChI=1S/C10H11ClN2O2.ClH/c11-8-4-3-7(5-9(8)13(14)15)10(12)6-1-2-6;/h3-6,10H,1-2,12H2;1H/t10-;/m0./s1. The van der Waals surface area contributed by atoms with Gasteiger partial charge in [-0.1, -0.05) is 17.7 Å². The molecule has 0 bridgehead atoms. The number of nitro benzene ring substituents is 1. The fourth-order valence-corrected chi connectivity index (χ4v) is 1.79. The summed E-state index contributed by atoms with van der Waals surface area (Å²) < 4.78 is 0. The maximum absolute atomic E-state index is 10.7. The van der Waals surface area contributed by atoms with Crippen molar-refractivity contribution >= 4 is 29.7 Å². The third kappa shape index (κ3) is 2.64. The fourth-order valence-electron chi connectivity index (χ4n) is 1.60. The molecule has 0 unspecified atom stereocenters. The average Bonchev–Trinajstić information content (AvgIpc) is 3.00. The van der Waals surface area contributed by atoms with Gasteiger partial charge >= 0.3 is 0 Å². The van der Waals surface area contributed by atoms with Crippen molar-refractivity contribution in [2.75, 3.05) is 0 Å². The maximum Gasteiger partial charge on any atom is 0.288 e. The molecule has 0 spiro atoms. The molecule has 0 heterocycles. The van der Waals surface area contributed by atoms with Crippen molar-refractivity contribution in [3.63, 3.8) is 0 Å². The van der Waals surface area contributed by atoms with E-state index in [4.69, 9.17) is 17.3 Å². The summed E-state index contributed by atoms with van der Waals surface area (Å²) in [6.07, 6.45) is 2.22. The van der Waals surface area contributed by atoms with Gasteiger partial charge in [-0.2, -0.15) is 0 Å². The zero-order valence-electron chi connectivity index (χ0n) is 8.43. The SMILES string of the molecule is Cl.N[C@H](c1ccc(Cl)c([N+](=O)[O-])c1)C1CC1. The van der Waals surface area contributed by atoms with Gasteiger partial charge in [-0.3, -0.25) is 10.1 Å². The van der Waals surface area contributed by atoms with E-state index in [0.29, 0.717) is 5.92 Å². The predicted octanol–water partition coefficient (Wildman–Crippen LogP) is 3.08. The van der Waals surface area contributed by atoms with Gasteiger partial charge in [-0.05, 0) is 30.4 Å². The topological polar surface area (TPSA) is 69.2 Å². The highest BCUT2D eigenvalue weighted by atomic mass is 35.5. The summed E-state index contributed by atoms with van der Waals surface area (Å²) in [7, 11) is 0. The van der Waals surface area contributed by atoms with Crippen molar-refractivity contribution in [2.45, 2.75) is 18.9 Å². The van der Waals surface area contributed by atoms with Crippen molar-refractivity contribution in [3.05, 3.63) is 38.9 Å². The third-order valence-corrected chi connectivity index (χ3v) is 3.00. The van der Waals surface area contributed by atoms with Crippen molar-refractivity contribution < 1.29 is 4.92 Å². The third-order valence-electron chi connectivity index (χ3n) is 2.68. The van der Waals surface area contributed by atoms with Gasteiger partial charge in [-0.15, -0.1) is 12.4 Å². The zero-order chi connectivity index (χ0) is 11.0. The first kappa shape index (κ1) is 13.2. The van der Waals surface area contributed by atoms with Crippen LogP contribution in [-0.2, 0) is 0 Å². The van der Waals surface area contributed by atoms with Crippen LogP contribution in [-0.4, -0.2) is 4.92 Å². The highest BCUT2D eigenvalue weighted by molar-refractivity contribution is 6.32. The molecule has 1 aromatic carbocycles. The van der Waals surface area contributed by atoms with Crippen molar-refractivity contribution in [1.82, 2.24) is 0 Å². The Labute approximate surface area is 104 Å². The van der Waals surface area contributed by atoms with Crippen LogP contribution in [0.25, 0.3) is 0 Å². The molecule has 2 rings (SSSR count). The van der Waals surface area contributed by atoms with E-state index in [-0.39, 0.29) is 29.2 Å². The Morgan fingerprint density at radius 3 is 2.62 bits per heavy atom. The van der Waals surface area contributed by atoms with E-state index in [0.717, 1.165) is 18.4 Å². The van der Waals surface area contributed by atoms with E-state index in [1.165, 1.54) is 12.1 Å². The summed E-state index contributed by atoms with van der Waals surface area (Å²) in [5.41, 5.74) is 6.69. The molecule has 1 aromatic rings. The number of hydrogen-bond donors (Lipinski definition) is 1. The first-order valence-electron chi connectivity index (χ1n) is 4.79. The van der Waals surface area contributed by atoms with Gasteiger partial charge in [0.15, 0.2) is 0 Å². The summed E-state index contributed by atoms with van der Waals surface area (Å²) >= 11 is 5.71. The highest BCUT2D eigenvalue weighted by Gasteiger charge is 2.30. The lowest BCUT2D eigenvalue weighted by molar-refractivity contribution is -0.384. The Balaban J connectivity index is 0.00000128. The van der Waals surface area contributed by atoms with Crippen LogP contribution in [0.5, 0.6) is 0 Å².